The summed E-state index contributed by atoms with van der Waals surface area (Å²) < 4.78 is 0. The zero-order chi connectivity index (χ0) is 21.1. The summed E-state index contributed by atoms with van der Waals surface area (Å²) in [6.07, 6.45) is 5.44. The molecule has 3 atom stereocenters. The molecule has 4 rings (SSSR count). The largest absolute Gasteiger partial charge is 0.346 e. The van der Waals surface area contributed by atoms with Gasteiger partial charge in [0.15, 0.2) is 5.78 Å². The molecule has 1 aromatic carbocycles. The number of hydrogen-bond acceptors (Lipinski definition) is 4. The van der Waals surface area contributed by atoms with E-state index in [0.29, 0.717) is 30.5 Å². The Hall–Kier alpha value is -2.53. The van der Waals surface area contributed by atoms with E-state index >= 15 is 0 Å². The van der Waals surface area contributed by atoms with E-state index in [4.69, 9.17) is 11.6 Å². The Kier molecular flexibility index (Phi) is 6.28. The van der Waals surface area contributed by atoms with Crippen LogP contribution in [-0.4, -0.2) is 27.9 Å². The van der Waals surface area contributed by atoms with Crippen LogP contribution in [0.5, 0.6) is 0 Å². The number of ketones is 1. The normalized spacial score (nSPS) is 21.1. The maximum absolute atomic E-state index is 12.7. The highest BCUT2D eigenvalue weighted by Gasteiger charge is 2.31. The summed E-state index contributed by atoms with van der Waals surface area (Å²) >= 11 is 6.09. The molecule has 1 fully saturated rings. The average Bonchev–Trinajstić information content (AvgIpc) is 3.40. The molecule has 2 aromatic rings. The first-order valence-electron chi connectivity index (χ1n) is 10.6. The molecule has 1 aromatic heterocycles. The van der Waals surface area contributed by atoms with E-state index in [9.17, 15) is 9.59 Å². The SMILES string of the molecule is C[C@H](NC(=O)[C@@H]1CC[C@@H](c2ccccc2)C1)C(=O)CCc1cnc2c(c1)C(Cl)=NC2. The first kappa shape index (κ1) is 20.7. The third kappa shape index (κ3) is 4.62. The van der Waals surface area contributed by atoms with E-state index in [2.05, 4.69) is 27.4 Å². The molecule has 0 spiro atoms. The first-order valence-corrected chi connectivity index (χ1v) is 10.9. The van der Waals surface area contributed by atoms with Crippen molar-refractivity contribution < 1.29 is 9.59 Å². The Morgan fingerprint density at radius 3 is 2.83 bits per heavy atom. The number of rotatable bonds is 7. The highest BCUT2D eigenvalue weighted by atomic mass is 35.5. The number of aryl methyl sites for hydroxylation is 1. The fourth-order valence-electron chi connectivity index (χ4n) is 4.35. The van der Waals surface area contributed by atoms with Crippen LogP contribution in [0.15, 0.2) is 47.6 Å². The zero-order valence-electron chi connectivity index (χ0n) is 17.1. The van der Waals surface area contributed by atoms with Crippen molar-refractivity contribution in [2.75, 3.05) is 0 Å². The van der Waals surface area contributed by atoms with Crippen molar-refractivity contribution in [3.63, 3.8) is 0 Å². The lowest BCUT2D eigenvalue weighted by Crippen LogP contribution is -2.41. The molecule has 156 valence electrons. The fourth-order valence-corrected chi connectivity index (χ4v) is 4.57. The van der Waals surface area contributed by atoms with E-state index < -0.39 is 6.04 Å². The predicted octanol–water partition coefficient (Wildman–Crippen LogP) is 4.17. The molecule has 1 N–H and O–H groups in total. The van der Waals surface area contributed by atoms with E-state index in [1.807, 2.05) is 24.3 Å². The standard InChI is InChI=1S/C24H26ClN3O2/c1-15(22(29)10-7-16-11-20-21(26-13-16)14-27-23(20)25)28-24(30)19-9-8-18(12-19)17-5-3-2-4-6-17/h2-6,11,13,15,18-19H,7-10,12,14H2,1H3,(H,28,30)/t15-,18+,19+/m0/s1. The second-order valence-electron chi connectivity index (χ2n) is 8.26. The van der Waals surface area contributed by atoms with Crippen LogP contribution >= 0.6 is 11.6 Å². The van der Waals surface area contributed by atoms with E-state index in [1.165, 1.54) is 5.56 Å². The smallest absolute Gasteiger partial charge is 0.223 e. The summed E-state index contributed by atoms with van der Waals surface area (Å²) in [7, 11) is 0. The Morgan fingerprint density at radius 2 is 2.03 bits per heavy atom. The van der Waals surface area contributed by atoms with Crippen molar-refractivity contribution in [2.24, 2.45) is 10.9 Å². The second kappa shape index (κ2) is 9.09. The molecule has 1 aliphatic carbocycles. The van der Waals surface area contributed by atoms with Crippen LogP contribution in [0.3, 0.4) is 0 Å². The molecule has 0 saturated heterocycles. The van der Waals surface area contributed by atoms with Crippen LogP contribution in [0.4, 0.5) is 0 Å². The number of aromatic nitrogens is 1. The highest BCUT2D eigenvalue weighted by molar-refractivity contribution is 6.70. The molecule has 2 aliphatic rings. The quantitative estimate of drug-likeness (QED) is 0.726. The molecule has 6 heteroatoms. The minimum atomic E-state index is -0.485. The van der Waals surface area contributed by atoms with Gasteiger partial charge in [-0.2, -0.15) is 0 Å². The van der Waals surface area contributed by atoms with Crippen molar-refractivity contribution in [1.29, 1.82) is 0 Å². The number of halogens is 1. The molecule has 5 nitrogen and oxygen atoms in total. The lowest BCUT2D eigenvalue weighted by Gasteiger charge is -2.17. The van der Waals surface area contributed by atoms with Gasteiger partial charge in [0.25, 0.3) is 0 Å². The maximum atomic E-state index is 12.7. The number of nitrogens with one attached hydrogen (secondary N) is 1. The van der Waals surface area contributed by atoms with Gasteiger partial charge in [0.05, 0.1) is 18.3 Å². The lowest BCUT2D eigenvalue weighted by molar-refractivity contribution is -0.129. The molecule has 1 aliphatic heterocycles. The summed E-state index contributed by atoms with van der Waals surface area (Å²) in [5, 5.41) is 3.42. The minimum absolute atomic E-state index is 0.00327. The summed E-state index contributed by atoms with van der Waals surface area (Å²) in [6.45, 7) is 2.29. The monoisotopic (exact) mass is 423 g/mol. The number of aliphatic imine (C=N–C) groups is 1. The summed E-state index contributed by atoms with van der Waals surface area (Å²) in [5.74, 6) is 0.432. The van der Waals surface area contributed by atoms with Crippen molar-refractivity contribution in [3.8, 4) is 0 Å². The van der Waals surface area contributed by atoms with Crippen LogP contribution in [0.25, 0.3) is 0 Å². The van der Waals surface area contributed by atoms with Gasteiger partial charge in [-0.05, 0) is 55.7 Å². The zero-order valence-corrected chi connectivity index (χ0v) is 17.9. The Bertz CT molecular complexity index is 974. The van der Waals surface area contributed by atoms with Crippen molar-refractivity contribution in [2.45, 2.75) is 57.5 Å². The average molecular weight is 424 g/mol. The summed E-state index contributed by atoms with van der Waals surface area (Å²) in [4.78, 5) is 33.8. The van der Waals surface area contributed by atoms with E-state index in [1.54, 1.807) is 13.1 Å². The number of fused-ring (bicyclic) bond motifs is 1. The van der Waals surface area contributed by atoms with Crippen LogP contribution in [0.2, 0.25) is 0 Å². The lowest BCUT2D eigenvalue weighted by atomic mass is 9.96. The van der Waals surface area contributed by atoms with Gasteiger partial charge >= 0.3 is 0 Å². The summed E-state index contributed by atoms with van der Waals surface area (Å²) in [5.41, 5.74) is 3.99. The van der Waals surface area contributed by atoms with Gasteiger partial charge in [-0.25, -0.2) is 0 Å². The fraction of sp³-hybridized carbons (Fsp3) is 0.417. The number of amides is 1. The van der Waals surface area contributed by atoms with Gasteiger partial charge in [-0.3, -0.25) is 19.6 Å². The number of hydrogen-bond donors (Lipinski definition) is 1. The van der Waals surface area contributed by atoms with E-state index in [-0.39, 0.29) is 17.6 Å². The minimum Gasteiger partial charge on any atom is -0.346 e. The van der Waals surface area contributed by atoms with Crippen LogP contribution < -0.4 is 5.32 Å². The van der Waals surface area contributed by atoms with Gasteiger partial charge in [0, 0.05) is 24.1 Å². The molecule has 0 unspecified atom stereocenters. The molecular formula is C24H26ClN3O2. The molecule has 1 saturated carbocycles. The van der Waals surface area contributed by atoms with Gasteiger partial charge in [0.1, 0.15) is 5.17 Å². The molecular weight excluding hydrogens is 398 g/mol. The Balaban J connectivity index is 1.26. The van der Waals surface area contributed by atoms with Crippen molar-refractivity contribution >= 4 is 28.5 Å². The number of Topliss-reactive ketones (excluding diaryl/α,β-unsaturated/α-hetero) is 1. The molecule has 30 heavy (non-hydrogen) atoms. The number of pyridine rings is 1. The number of benzene rings is 1. The van der Waals surface area contributed by atoms with Crippen molar-refractivity contribution in [3.05, 3.63) is 65.0 Å². The predicted molar refractivity (Wildman–Crippen MR) is 118 cm³/mol. The third-order valence-electron chi connectivity index (χ3n) is 6.19. The molecule has 1 amide bonds. The van der Waals surface area contributed by atoms with Gasteiger partial charge in [-0.1, -0.05) is 41.9 Å². The number of nitrogens with zero attached hydrogens (tertiary/aromatic N) is 2. The van der Waals surface area contributed by atoms with Crippen molar-refractivity contribution in [1.82, 2.24) is 10.3 Å². The van der Waals surface area contributed by atoms with Gasteiger partial charge < -0.3 is 5.32 Å². The number of carbonyl (C=O) groups is 2. The highest BCUT2D eigenvalue weighted by Crippen LogP contribution is 2.38. The third-order valence-corrected chi connectivity index (χ3v) is 6.52. The second-order valence-corrected chi connectivity index (χ2v) is 8.62. The van der Waals surface area contributed by atoms with Gasteiger partial charge in [-0.15, -0.1) is 0 Å². The van der Waals surface area contributed by atoms with Crippen LogP contribution in [0, 0.1) is 5.92 Å². The molecule has 0 bridgehead atoms. The Labute approximate surface area is 182 Å². The topological polar surface area (TPSA) is 71.4 Å². The van der Waals surface area contributed by atoms with E-state index in [0.717, 1.165) is 36.1 Å². The van der Waals surface area contributed by atoms with Crippen LogP contribution in [0.1, 0.15) is 60.9 Å². The molecule has 0 radical (unpaired) electrons. The van der Waals surface area contributed by atoms with Crippen LogP contribution in [-0.2, 0) is 22.6 Å². The summed E-state index contributed by atoms with van der Waals surface area (Å²) in [6, 6.07) is 11.8. The Morgan fingerprint density at radius 1 is 1.23 bits per heavy atom. The van der Waals surface area contributed by atoms with Gasteiger partial charge in [0.2, 0.25) is 5.91 Å². The molecule has 2 heterocycles. The number of carbonyl (C=O) groups excluding carboxylic acids is 2. The maximum Gasteiger partial charge on any atom is 0.223 e. The first-order chi connectivity index (χ1) is 14.5.